The lowest BCUT2D eigenvalue weighted by atomic mass is 10.2. The summed E-state index contributed by atoms with van der Waals surface area (Å²) in [6.07, 6.45) is -2.09. The monoisotopic (exact) mass is 466 g/mol. The third kappa shape index (κ3) is 4.80. The zero-order chi connectivity index (χ0) is 23.2. The quantitative estimate of drug-likeness (QED) is 0.430. The Kier molecular flexibility index (Phi) is 5.75. The fraction of sp³-hybridized carbons (Fsp3) is 0.350. The summed E-state index contributed by atoms with van der Waals surface area (Å²) < 4.78 is 66.1. The minimum Gasteiger partial charge on any atom is -0.324 e. The average Bonchev–Trinajstić information content (AvgIpc) is 3.01. The minimum absolute atomic E-state index is 0.0454. The van der Waals surface area contributed by atoms with Crippen LogP contribution in [-0.2, 0) is 23.1 Å². The van der Waals surface area contributed by atoms with Crippen molar-refractivity contribution in [3.8, 4) is 23.0 Å². The molecule has 31 heavy (non-hydrogen) atoms. The topological polar surface area (TPSA) is 77.7 Å². The van der Waals surface area contributed by atoms with Gasteiger partial charge in [0, 0.05) is 18.8 Å². The van der Waals surface area contributed by atoms with Gasteiger partial charge in [0.2, 0.25) is 0 Å². The van der Waals surface area contributed by atoms with Gasteiger partial charge in [0.05, 0.1) is 27.9 Å². The summed E-state index contributed by atoms with van der Waals surface area (Å²) in [6, 6.07) is 2.29. The second kappa shape index (κ2) is 7.76. The van der Waals surface area contributed by atoms with Crippen LogP contribution in [-0.4, -0.2) is 41.8 Å². The maximum Gasteiger partial charge on any atom is 0.433 e. The van der Waals surface area contributed by atoms with Crippen molar-refractivity contribution in [2.75, 3.05) is 5.75 Å². The van der Waals surface area contributed by atoms with Crippen molar-refractivity contribution < 1.29 is 21.6 Å². The Hall–Kier alpha value is -2.71. The van der Waals surface area contributed by atoms with E-state index in [0.29, 0.717) is 11.1 Å². The molecule has 0 amide bonds. The van der Waals surface area contributed by atoms with E-state index in [2.05, 4.69) is 46.1 Å². The van der Waals surface area contributed by atoms with Crippen molar-refractivity contribution in [2.45, 2.75) is 37.6 Å². The Morgan fingerprint density at radius 1 is 1.13 bits per heavy atom. The van der Waals surface area contributed by atoms with Crippen LogP contribution in [0.15, 0.2) is 29.4 Å². The first kappa shape index (κ1) is 23.0. The fourth-order valence-corrected chi connectivity index (χ4v) is 4.36. The number of nitrogens with zero attached hydrogens (tertiary/aromatic N) is 4. The van der Waals surface area contributed by atoms with E-state index >= 15 is 0 Å². The molecule has 3 rings (SSSR count). The van der Waals surface area contributed by atoms with E-state index in [-0.39, 0.29) is 27.7 Å². The molecule has 3 heterocycles. The summed E-state index contributed by atoms with van der Waals surface area (Å²) in [5, 5.41) is 0. The van der Waals surface area contributed by atoms with Crippen LogP contribution in [0.4, 0.5) is 13.2 Å². The van der Waals surface area contributed by atoms with Crippen molar-refractivity contribution in [2.24, 2.45) is 7.05 Å². The molecule has 3 aromatic heterocycles. The fourth-order valence-electron chi connectivity index (χ4n) is 2.79. The predicted octanol–water partition coefficient (Wildman–Crippen LogP) is 4.07. The number of hydrogen-bond donors (Lipinski definition) is 0. The lowest BCUT2D eigenvalue weighted by molar-refractivity contribution is -0.141. The number of aromatic nitrogens is 4. The highest BCUT2D eigenvalue weighted by Gasteiger charge is 2.33. The van der Waals surface area contributed by atoms with Gasteiger partial charge >= 0.3 is 6.18 Å². The zero-order valence-electron chi connectivity index (χ0n) is 17.7. The summed E-state index contributed by atoms with van der Waals surface area (Å²) in [6.45, 7) is 7.70. The normalized spacial score (nSPS) is 12.6. The van der Waals surface area contributed by atoms with Crippen LogP contribution in [0.5, 0.6) is 0 Å². The molecule has 0 atom stereocenters. The third-order valence-corrected chi connectivity index (χ3v) is 7.04. The maximum atomic E-state index is 13.0. The minimum atomic E-state index is -4.61. The van der Waals surface area contributed by atoms with Gasteiger partial charge in [-0.15, -0.1) is 5.92 Å². The molecule has 0 N–H and O–H groups in total. The summed E-state index contributed by atoms with van der Waals surface area (Å²) in [5.41, 5.74) is 2.98. The zero-order valence-corrected chi connectivity index (χ0v) is 19.5. The third-order valence-electron chi connectivity index (χ3n) is 4.42. The van der Waals surface area contributed by atoms with E-state index in [1.807, 2.05) is 0 Å². The van der Waals surface area contributed by atoms with E-state index < -0.39 is 29.8 Å². The summed E-state index contributed by atoms with van der Waals surface area (Å²) >= 11 is 0. The average molecular weight is 467 g/mol. The smallest absolute Gasteiger partial charge is 0.324 e. The molecule has 3 aromatic rings. The molecule has 0 fully saturated rings. The molecule has 6 nitrogen and oxygen atoms in total. The van der Waals surface area contributed by atoms with Crippen LogP contribution in [0.3, 0.4) is 0 Å². The van der Waals surface area contributed by atoms with Crippen molar-refractivity contribution in [3.05, 3.63) is 35.8 Å². The molecule has 165 valence electrons. The van der Waals surface area contributed by atoms with Crippen LogP contribution in [0.25, 0.3) is 22.6 Å². The summed E-state index contributed by atoms with van der Waals surface area (Å²) in [5.74, 6) is 2.95. The van der Waals surface area contributed by atoms with Crippen LogP contribution >= 0.6 is 0 Å². The van der Waals surface area contributed by atoms with Crippen LogP contribution < -0.4 is 0 Å². The number of imidazole rings is 1. The SMILES string of the molecule is CCS(=O)(=O)c1cc(C#C[Si-](C)(C)C)cnc1-c1nc2cc(C(F)(F)F)ncc2n1C. The number of hydrogen-bond acceptors (Lipinski definition) is 5. The van der Waals surface area contributed by atoms with Gasteiger partial charge in [-0.25, -0.2) is 18.4 Å². The van der Waals surface area contributed by atoms with Crippen LogP contribution in [0.2, 0.25) is 19.6 Å². The van der Waals surface area contributed by atoms with Gasteiger partial charge in [-0.05, 0) is 12.1 Å². The van der Waals surface area contributed by atoms with Crippen molar-refractivity contribution >= 4 is 28.9 Å². The number of halogens is 3. The van der Waals surface area contributed by atoms with Gasteiger partial charge < -0.3 is 4.57 Å². The molecule has 0 aliphatic rings. The van der Waals surface area contributed by atoms with Crippen molar-refractivity contribution in [1.82, 2.24) is 19.5 Å². The first-order valence-electron chi connectivity index (χ1n) is 9.39. The largest absolute Gasteiger partial charge is 0.433 e. The van der Waals surface area contributed by atoms with Crippen molar-refractivity contribution in [3.63, 3.8) is 0 Å². The number of rotatable bonds is 3. The molecule has 0 aliphatic heterocycles. The first-order valence-corrected chi connectivity index (χ1v) is 14.5. The van der Waals surface area contributed by atoms with E-state index in [1.165, 1.54) is 23.8 Å². The first-order chi connectivity index (χ1) is 14.2. The molecule has 11 heteroatoms. The van der Waals surface area contributed by atoms with Gasteiger partial charge in [-0.3, -0.25) is 10.5 Å². The van der Waals surface area contributed by atoms with Gasteiger partial charge in [0.1, 0.15) is 11.4 Å². The van der Waals surface area contributed by atoms with Gasteiger partial charge in [-0.1, -0.05) is 15.0 Å². The number of pyridine rings is 2. The Bertz CT molecular complexity index is 1330. The second-order valence-electron chi connectivity index (χ2n) is 8.02. The number of alkyl halides is 3. The highest BCUT2D eigenvalue weighted by atomic mass is 32.2. The molecular formula is C20H21F3N4O2SSi-. The Balaban J connectivity index is 2.25. The molecule has 0 aromatic carbocycles. The molecule has 0 unspecified atom stereocenters. The summed E-state index contributed by atoms with van der Waals surface area (Å²) in [7, 11) is -3.83. The Labute approximate surface area is 179 Å². The molecule has 0 spiro atoms. The second-order valence-corrected chi connectivity index (χ2v) is 15.0. The predicted molar refractivity (Wildman–Crippen MR) is 115 cm³/mol. The maximum absolute atomic E-state index is 13.0. The summed E-state index contributed by atoms with van der Waals surface area (Å²) in [4.78, 5) is 11.9. The Morgan fingerprint density at radius 3 is 2.39 bits per heavy atom. The van der Waals surface area contributed by atoms with Gasteiger partial charge in [0.15, 0.2) is 15.7 Å². The van der Waals surface area contributed by atoms with E-state index in [1.54, 1.807) is 7.05 Å². The Morgan fingerprint density at radius 2 is 1.81 bits per heavy atom. The standard InChI is InChI=1S/C20H21F3N4O2SSi/c1-6-30(28,29)16-9-13(7-8-31(3,4)5)11-25-18(16)19-26-14-10-17(20(21,22)23)24-12-15(14)27(19)2/h9-12H,6H2,1-5H3/q-1. The van der Waals surface area contributed by atoms with E-state index in [9.17, 15) is 21.6 Å². The molecule has 0 saturated heterocycles. The number of fused-ring (bicyclic) bond motifs is 1. The lowest BCUT2D eigenvalue weighted by Crippen LogP contribution is -2.16. The van der Waals surface area contributed by atoms with E-state index in [4.69, 9.17) is 0 Å². The molecule has 0 radical (unpaired) electrons. The molecule has 0 aliphatic carbocycles. The number of sulfone groups is 1. The highest BCUT2D eigenvalue weighted by Crippen LogP contribution is 2.32. The lowest BCUT2D eigenvalue weighted by Gasteiger charge is -2.17. The van der Waals surface area contributed by atoms with E-state index in [0.717, 1.165) is 12.3 Å². The molecule has 0 bridgehead atoms. The van der Waals surface area contributed by atoms with Crippen LogP contribution in [0.1, 0.15) is 18.2 Å². The van der Waals surface area contributed by atoms with Gasteiger partial charge in [0.25, 0.3) is 0 Å². The van der Waals surface area contributed by atoms with Gasteiger partial charge in [-0.2, -0.15) is 32.8 Å². The molecule has 0 saturated carbocycles. The number of aryl methyl sites for hydroxylation is 1. The van der Waals surface area contributed by atoms with Crippen LogP contribution in [0, 0.1) is 11.5 Å². The molecular weight excluding hydrogens is 445 g/mol. The van der Waals surface area contributed by atoms with Crippen molar-refractivity contribution in [1.29, 1.82) is 0 Å². The highest BCUT2D eigenvalue weighted by molar-refractivity contribution is 7.91.